The van der Waals surface area contributed by atoms with Crippen LogP contribution < -0.4 is 0 Å². The van der Waals surface area contributed by atoms with Gasteiger partial charge in [-0.15, -0.1) is 0 Å². The van der Waals surface area contributed by atoms with Crippen LogP contribution in [0.1, 0.15) is 55.8 Å². The van der Waals surface area contributed by atoms with E-state index in [0.717, 1.165) is 38.5 Å². The summed E-state index contributed by atoms with van der Waals surface area (Å²) >= 11 is 6.25. The molecule has 2 fully saturated rings. The number of sulfonamides is 1. The summed E-state index contributed by atoms with van der Waals surface area (Å²) < 4.78 is 27.5. The van der Waals surface area contributed by atoms with Crippen LogP contribution in [0, 0.1) is 5.92 Å². The largest absolute Gasteiger partial charge is 0.339 e. The minimum absolute atomic E-state index is 0.162. The number of benzene rings is 1. The first kappa shape index (κ1) is 19.6. The lowest BCUT2D eigenvalue weighted by Crippen LogP contribution is -2.38. The molecule has 26 heavy (non-hydrogen) atoms. The first-order valence-electron chi connectivity index (χ1n) is 9.48. The van der Waals surface area contributed by atoms with Gasteiger partial charge in [0.15, 0.2) is 0 Å². The highest BCUT2D eigenvalue weighted by Gasteiger charge is 2.29. The molecule has 0 atom stereocenters. The highest BCUT2D eigenvalue weighted by atomic mass is 35.5. The first-order valence-corrected chi connectivity index (χ1v) is 11.3. The van der Waals surface area contributed by atoms with Crippen LogP contribution in [0.2, 0.25) is 5.02 Å². The molecule has 0 N–H and O–H groups in total. The lowest BCUT2D eigenvalue weighted by molar-refractivity contribution is 0.0761. The summed E-state index contributed by atoms with van der Waals surface area (Å²) in [6.45, 7) is 4.61. The predicted molar refractivity (Wildman–Crippen MR) is 103 cm³/mol. The zero-order valence-electron chi connectivity index (χ0n) is 15.3. The molecule has 5 nitrogen and oxygen atoms in total. The van der Waals surface area contributed by atoms with Crippen LogP contribution in [0.3, 0.4) is 0 Å². The lowest BCUT2D eigenvalue weighted by atomic mass is 10.0. The van der Waals surface area contributed by atoms with E-state index in [-0.39, 0.29) is 10.8 Å². The van der Waals surface area contributed by atoms with Crippen molar-refractivity contribution >= 4 is 27.5 Å². The molecular weight excluding hydrogens is 372 g/mol. The number of carbonyl (C=O) groups excluding carboxylic acids is 1. The summed E-state index contributed by atoms with van der Waals surface area (Å²) in [5.41, 5.74) is 0.292. The molecule has 0 aliphatic carbocycles. The summed E-state index contributed by atoms with van der Waals surface area (Å²) in [6, 6.07) is 4.50. The normalized spacial score (nSPS) is 20.8. The van der Waals surface area contributed by atoms with E-state index >= 15 is 0 Å². The standard InChI is InChI=1S/C19H27ClN2O3S/c1-15-8-12-22(13-9-15)26(24,25)16-6-7-18(20)17(14-16)19(23)21-10-4-2-3-5-11-21/h6-7,14-15H,2-5,8-13H2,1H3. The summed E-state index contributed by atoms with van der Waals surface area (Å²) in [5, 5.41) is 0.311. The fourth-order valence-electron chi connectivity index (χ4n) is 3.65. The first-order chi connectivity index (χ1) is 12.4. The van der Waals surface area contributed by atoms with E-state index in [0.29, 0.717) is 42.7 Å². The smallest absolute Gasteiger partial charge is 0.255 e. The van der Waals surface area contributed by atoms with Gasteiger partial charge in [-0.05, 0) is 49.8 Å². The molecule has 1 aromatic rings. The Kier molecular flexibility index (Phi) is 6.25. The van der Waals surface area contributed by atoms with Crippen LogP contribution in [0.5, 0.6) is 0 Å². The van der Waals surface area contributed by atoms with Crippen LogP contribution >= 0.6 is 11.6 Å². The number of piperidine rings is 1. The number of rotatable bonds is 3. The molecule has 0 aromatic heterocycles. The Morgan fingerprint density at radius 2 is 1.65 bits per heavy atom. The Morgan fingerprint density at radius 3 is 2.27 bits per heavy atom. The molecule has 0 unspecified atom stereocenters. The van der Waals surface area contributed by atoms with Gasteiger partial charge in [0.1, 0.15) is 0 Å². The minimum atomic E-state index is -3.59. The van der Waals surface area contributed by atoms with Crippen molar-refractivity contribution in [1.29, 1.82) is 0 Å². The summed E-state index contributed by atoms with van der Waals surface area (Å²) in [6.07, 6.45) is 5.94. The zero-order chi connectivity index (χ0) is 18.7. The summed E-state index contributed by atoms with van der Waals surface area (Å²) in [4.78, 5) is 14.9. The fraction of sp³-hybridized carbons (Fsp3) is 0.632. The minimum Gasteiger partial charge on any atom is -0.339 e. The number of amides is 1. The van der Waals surface area contributed by atoms with Crippen molar-refractivity contribution in [3.05, 3.63) is 28.8 Å². The molecule has 2 aliphatic rings. The molecule has 144 valence electrons. The van der Waals surface area contributed by atoms with Crippen molar-refractivity contribution in [1.82, 2.24) is 9.21 Å². The zero-order valence-corrected chi connectivity index (χ0v) is 16.9. The molecule has 1 aromatic carbocycles. The van der Waals surface area contributed by atoms with Gasteiger partial charge in [-0.2, -0.15) is 4.31 Å². The number of likely N-dealkylation sites (tertiary alicyclic amines) is 1. The quantitative estimate of drug-likeness (QED) is 0.778. The van der Waals surface area contributed by atoms with E-state index in [1.165, 1.54) is 22.5 Å². The SMILES string of the molecule is CC1CCN(S(=O)(=O)c2ccc(Cl)c(C(=O)N3CCCCCC3)c2)CC1. The monoisotopic (exact) mass is 398 g/mol. The van der Waals surface area contributed by atoms with E-state index in [4.69, 9.17) is 11.6 Å². The Balaban J connectivity index is 1.86. The number of halogens is 1. The van der Waals surface area contributed by atoms with Gasteiger partial charge in [0.2, 0.25) is 10.0 Å². The maximum absolute atomic E-state index is 13.0. The fourth-order valence-corrected chi connectivity index (χ4v) is 5.34. The molecule has 0 bridgehead atoms. The van der Waals surface area contributed by atoms with Gasteiger partial charge in [0.25, 0.3) is 5.91 Å². The lowest BCUT2D eigenvalue weighted by Gasteiger charge is -2.29. The van der Waals surface area contributed by atoms with Gasteiger partial charge in [0, 0.05) is 26.2 Å². The van der Waals surface area contributed by atoms with Crippen molar-refractivity contribution in [2.45, 2.75) is 50.3 Å². The highest BCUT2D eigenvalue weighted by Crippen LogP contribution is 2.27. The highest BCUT2D eigenvalue weighted by molar-refractivity contribution is 7.89. The Labute approximate surface area is 161 Å². The summed E-state index contributed by atoms with van der Waals surface area (Å²) in [7, 11) is -3.59. The van der Waals surface area contributed by atoms with Gasteiger partial charge < -0.3 is 4.90 Å². The van der Waals surface area contributed by atoms with Crippen molar-refractivity contribution in [3.63, 3.8) is 0 Å². The van der Waals surface area contributed by atoms with Crippen LogP contribution in [-0.2, 0) is 10.0 Å². The third-order valence-corrected chi connectivity index (χ3v) is 7.67. The van der Waals surface area contributed by atoms with Gasteiger partial charge in [0.05, 0.1) is 15.5 Å². The second-order valence-corrected chi connectivity index (χ2v) is 9.78. The van der Waals surface area contributed by atoms with Crippen LogP contribution in [0.4, 0.5) is 0 Å². The molecular formula is C19H27ClN2O3S. The maximum Gasteiger partial charge on any atom is 0.255 e. The van der Waals surface area contributed by atoms with Crippen LogP contribution in [0.25, 0.3) is 0 Å². The van der Waals surface area contributed by atoms with E-state index in [2.05, 4.69) is 6.92 Å². The average molecular weight is 399 g/mol. The second kappa shape index (κ2) is 8.28. The van der Waals surface area contributed by atoms with Crippen molar-refractivity contribution in [3.8, 4) is 0 Å². The Hall–Kier alpha value is -1.11. The van der Waals surface area contributed by atoms with Crippen molar-refractivity contribution in [2.24, 2.45) is 5.92 Å². The van der Waals surface area contributed by atoms with E-state index < -0.39 is 10.0 Å². The van der Waals surface area contributed by atoms with Crippen LogP contribution in [-0.4, -0.2) is 49.7 Å². The number of hydrogen-bond donors (Lipinski definition) is 0. The molecule has 2 heterocycles. The molecule has 0 spiro atoms. The van der Waals surface area contributed by atoms with E-state index in [1.807, 2.05) is 0 Å². The number of carbonyl (C=O) groups is 1. The van der Waals surface area contributed by atoms with Gasteiger partial charge in [-0.3, -0.25) is 4.79 Å². The van der Waals surface area contributed by atoms with Gasteiger partial charge in [-0.1, -0.05) is 31.4 Å². The number of nitrogens with zero attached hydrogens (tertiary/aromatic N) is 2. The molecule has 0 saturated carbocycles. The topological polar surface area (TPSA) is 57.7 Å². The predicted octanol–water partition coefficient (Wildman–Crippen LogP) is 3.78. The Morgan fingerprint density at radius 1 is 1.04 bits per heavy atom. The average Bonchev–Trinajstić information content (AvgIpc) is 2.91. The van der Waals surface area contributed by atoms with Crippen molar-refractivity contribution < 1.29 is 13.2 Å². The second-order valence-electron chi connectivity index (χ2n) is 7.43. The maximum atomic E-state index is 13.0. The van der Waals surface area contributed by atoms with E-state index in [1.54, 1.807) is 4.90 Å². The molecule has 2 aliphatic heterocycles. The van der Waals surface area contributed by atoms with Gasteiger partial charge >= 0.3 is 0 Å². The van der Waals surface area contributed by atoms with E-state index in [9.17, 15) is 13.2 Å². The molecule has 7 heteroatoms. The van der Waals surface area contributed by atoms with Crippen molar-refractivity contribution in [2.75, 3.05) is 26.2 Å². The molecule has 2 saturated heterocycles. The van der Waals surface area contributed by atoms with Gasteiger partial charge in [-0.25, -0.2) is 8.42 Å². The molecule has 1 amide bonds. The Bertz CT molecular complexity index is 750. The van der Waals surface area contributed by atoms with Crippen LogP contribution in [0.15, 0.2) is 23.1 Å². The third-order valence-electron chi connectivity index (χ3n) is 5.44. The third kappa shape index (κ3) is 4.24. The molecule has 3 rings (SSSR count). The molecule has 0 radical (unpaired) electrons. The summed E-state index contributed by atoms with van der Waals surface area (Å²) in [5.74, 6) is 0.382. The number of hydrogen-bond acceptors (Lipinski definition) is 3.